The van der Waals surface area contributed by atoms with Gasteiger partial charge in [0.05, 0.1) is 0 Å². The second kappa shape index (κ2) is 5.55. The zero-order valence-corrected chi connectivity index (χ0v) is 8.03. The summed E-state index contributed by atoms with van der Waals surface area (Å²) in [6.45, 7) is 2.33. The Labute approximate surface area is 79.7 Å². The first kappa shape index (κ1) is 10.0. The SMILES string of the molecule is CC/C=C(\CCO)c1ccccc1. The Morgan fingerprint density at radius 2 is 2.00 bits per heavy atom. The zero-order valence-electron chi connectivity index (χ0n) is 8.03. The van der Waals surface area contributed by atoms with Gasteiger partial charge in [0.1, 0.15) is 0 Å². The van der Waals surface area contributed by atoms with Crippen molar-refractivity contribution >= 4 is 5.57 Å². The summed E-state index contributed by atoms with van der Waals surface area (Å²) in [6, 6.07) is 10.2. The molecule has 1 nitrogen and oxygen atoms in total. The molecule has 13 heavy (non-hydrogen) atoms. The molecule has 0 spiro atoms. The molecule has 0 bridgehead atoms. The maximum atomic E-state index is 8.88. The van der Waals surface area contributed by atoms with Crippen LogP contribution in [0.3, 0.4) is 0 Å². The molecule has 0 aliphatic heterocycles. The topological polar surface area (TPSA) is 20.2 Å². The van der Waals surface area contributed by atoms with Crippen LogP contribution in [0.5, 0.6) is 0 Å². The maximum absolute atomic E-state index is 8.88. The van der Waals surface area contributed by atoms with Crippen LogP contribution in [0.2, 0.25) is 0 Å². The van der Waals surface area contributed by atoms with E-state index in [2.05, 4.69) is 25.1 Å². The average Bonchev–Trinajstić information content (AvgIpc) is 2.19. The number of hydrogen-bond donors (Lipinski definition) is 1. The molecule has 0 saturated carbocycles. The molecule has 1 N–H and O–H groups in total. The van der Waals surface area contributed by atoms with Crippen molar-refractivity contribution in [2.75, 3.05) is 6.61 Å². The number of hydrogen-bond acceptors (Lipinski definition) is 1. The normalized spacial score (nSPS) is 11.7. The molecule has 0 atom stereocenters. The van der Waals surface area contributed by atoms with Gasteiger partial charge in [-0.3, -0.25) is 0 Å². The fourth-order valence-electron chi connectivity index (χ4n) is 1.38. The van der Waals surface area contributed by atoms with Crippen LogP contribution < -0.4 is 0 Å². The van der Waals surface area contributed by atoms with E-state index < -0.39 is 0 Å². The molecule has 1 aromatic rings. The largest absolute Gasteiger partial charge is 0.396 e. The monoisotopic (exact) mass is 176 g/mol. The van der Waals surface area contributed by atoms with Crippen LogP contribution in [0.4, 0.5) is 0 Å². The quantitative estimate of drug-likeness (QED) is 0.748. The number of benzene rings is 1. The van der Waals surface area contributed by atoms with E-state index in [1.165, 1.54) is 11.1 Å². The summed E-state index contributed by atoms with van der Waals surface area (Å²) in [5.74, 6) is 0. The lowest BCUT2D eigenvalue weighted by Crippen LogP contribution is -1.88. The first-order valence-corrected chi connectivity index (χ1v) is 4.73. The minimum Gasteiger partial charge on any atom is -0.396 e. The fourth-order valence-corrected chi connectivity index (χ4v) is 1.38. The van der Waals surface area contributed by atoms with Crippen LogP contribution in [0.1, 0.15) is 25.3 Å². The average molecular weight is 176 g/mol. The lowest BCUT2D eigenvalue weighted by atomic mass is 10.0. The van der Waals surface area contributed by atoms with Gasteiger partial charge in [0.2, 0.25) is 0 Å². The summed E-state index contributed by atoms with van der Waals surface area (Å²) in [6.07, 6.45) is 3.94. The molecular weight excluding hydrogens is 160 g/mol. The van der Waals surface area contributed by atoms with Crippen LogP contribution in [-0.2, 0) is 0 Å². The Balaban J connectivity index is 2.83. The molecule has 0 aliphatic carbocycles. The molecule has 1 rings (SSSR count). The molecule has 0 saturated heterocycles. The summed E-state index contributed by atoms with van der Waals surface area (Å²) in [7, 11) is 0. The fraction of sp³-hybridized carbons (Fsp3) is 0.333. The van der Waals surface area contributed by atoms with Crippen LogP contribution in [0, 0.1) is 0 Å². The Morgan fingerprint density at radius 3 is 2.54 bits per heavy atom. The van der Waals surface area contributed by atoms with Crippen molar-refractivity contribution in [2.24, 2.45) is 0 Å². The number of aliphatic hydroxyl groups is 1. The van der Waals surface area contributed by atoms with Gasteiger partial charge in [0, 0.05) is 6.61 Å². The Morgan fingerprint density at radius 1 is 1.31 bits per heavy atom. The van der Waals surface area contributed by atoms with E-state index in [0.29, 0.717) is 0 Å². The van der Waals surface area contributed by atoms with Gasteiger partial charge in [0.25, 0.3) is 0 Å². The van der Waals surface area contributed by atoms with E-state index in [-0.39, 0.29) is 6.61 Å². The minimum absolute atomic E-state index is 0.223. The molecule has 0 aromatic heterocycles. The van der Waals surface area contributed by atoms with E-state index >= 15 is 0 Å². The van der Waals surface area contributed by atoms with Crippen molar-refractivity contribution in [3.63, 3.8) is 0 Å². The lowest BCUT2D eigenvalue weighted by Gasteiger charge is -2.04. The second-order valence-corrected chi connectivity index (χ2v) is 2.98. The van der Waals surface area contributed by atoms with Gasteiger partial charge < -0.3 is 5.11 Å². The van der Waals surface area contributed by atoms with Gasteiger partial charge in [-0.15, -0.1) is 0 Å². The van der Waals surface area contributed by atoms with Crippen molar-refractivity contribution in [3.05, 3.63) is 42.0 Å². The third-order valence-corrected chi connectivity index (χ3v) is 1.98. The van der Waals surface area contributed by atoms with Crippen molar-refractivity contribution in [1.82, 2.24) is 0 Å². The molecular formula is C12H16O. The van der Waals surface area contributed by atoms with Gasteiger partial charge in [-0.2, -0.15) is 0 Å². The van der Waals surface area contributed by atoms with Gasteiger partial charge >= 0.3 is 0 Å². The van der Waals surface area contributed by atoms with Crippen molar-refractivity contribution in [2.45, 2.75) is 19.8 Å². The minimum atomic E-state index is 0.223. The lowest BCUT2D eigenvalue weighted by molar-refractivity contribution is 0.305. The third kappa shape index (κ3) is 3.03. The predicted octanol–water partition coefficient (Wildman–Crippen LogP) is 2.86. The Bertz CT molecular complexity index is 262. The van der Waals surface area contributed by atoms with Gasteiger partial charge in [-0.05, 0) is 24.0 Å². The summed E-state index contributed by atoms with van der Waals surface area (Å²) in [5, 5.41) is 8.88. The van der Waals surface area contributed by atoms with E-state index in [1.54, 1.807) is 0 Å². The summed E-state index contributed by atoms with van der Waals surface area (Å²) in [4.78, 5) is 0. The van der Waals surface area contributed by atoms with Crippen molar-refractivity contribution in [3.8, 4) is 0 Å². The van der Waals surface area contributed by atoms with E-state index in [1.807, 2.05) is 18.2 Å². The smallest absolute Gasteiger partial charge is 0.0471 e. The molecule has 0 fully saturated rings. The molecule has 0 heterocycles. The highest BCUT2D eigenvalue weighted by Gasteiger charge is 1.98. The highest BCUT2D eigenvalue weighted by Crippen LogP contribution is 2.17. The second-order valence-electron chi connectivity index (χ2n) is 2.98. The van der Waals surface area contributed by atoms with E-state index in [9.17, 15) is 0 Å². The molecule has 0 unspecified atom stereocenters. The highest BCUT2D eigenvalue weighted by atomic mass is 16.2. The maximum Gasteiger partial charge on any atom is 0.0471 e. The summed E-state index contributed by atoms with van der Waals surface area (Å²) >= 11 is 0. The zero-order chi connectivity index (χ0) is 9.52. The Kier molecular flexibility index (Phi) is 4.27. The summed E-state index contributed by atoms with van der Waals surface area (Å²) in [5.41, 5.74) is 2.46. The molecule has 0 aliphatic rings. The first-order valence-electron chi connectivity index (χ1n) is 4.73. The van der Waals surface area contributed by atoms with Gasteiger partial charge in [-0.25, -0.2) is 0 Å². The number of allylic oxidation sites excluding steroid dienone is 1. The molecule has 1 aromatic carbocycles. The third-order valence-electron chi connectivity index (χ3n) is 1.98. The standard InChI is InChI=1S/C12H16O/c1-2-6-11(9-10-13)12-7-4-3-5-8-12/h3-8,13H,2,9-10H2,1H3/b11-6+. The highest BCUT2D eigenvalue weighted by molar-refractivity contribution is 5.65. The van der Waals surface area contributed by atoms with Crippen molar-refractivity contribution < 1.29 is 5.11 Å². The van der Waals surface area contributed by atoms with Crippen LogP contribution in [-0.4, -0.2) is 11.7 Å². The van der Waals surface area contributed by atoms with Gasteiger partial charge in [0.15, 0.2) is 0 Å². The van der Waals surface area contributed by atoms with Crippen LogP contribution in [0.15, 0.2) is 36.4 Å². The van der Waals surface area contributed by atoms with Gasteiger partial charge in [-0.1, -0.05) is 43.3 Å². The van der Waals surface area contributed by atoms with Crippen LogP contribution >= 0.6 is 0 Å². The first-order chi connectivity index (χ1) is 6.38. The van der Waals surface area contributed by atoms with E-state index in [0.717, 1.165) is 12.8 Å². The van der Waals surface area contributed by atoms with Crippen LogP contribution in [0.25, 0.3) is 5.57 Å². The molecule has 0 radical (unpaired) electrons. The number of rotatable bonds is 4. The molecule has 1 heteroatoms. The van der Waals surface area contributed by atoms with Crippen molar-refractivity contribution in [1.29, 1.82) is 0 Å². The Hall–Kier alpha value is -1.08. The molecule has 0 amide bonds. The summed E-state index contributed by atoms with van der Waals surface area (Å²) < 4.78 is 0. The number of aliphatic hydroxyl groups excluding tert-OH is 1. The molecule has 70 valence electrons. The predicted molar refractivity (Wildman–Crippen MR) is 56.4 cm³/mol. The van der Waals surface area contributed by atoms with E-state index in [4.69, 9.17) is 5.11 Å².